The first-order valence-corrected chi connectivity index (χ1v) is 18.4. The molecule has 6 heteroatoms. The second kappa shape index (κ2) is 41.3. The van der Waals surface area contributed by atoms with Crippen molar-refractivity contribution in [3.63, 3.8) is 0 Å². The molecule has 2 N–H and O–H groups in total. The summed E-state index contributed by atoms with van der Waals surface area (Å²) in [6.45, 7) is 5.03. The Kier molecular flexibility index (Phi) is 41.8. The number of hydrogen-bond acceptors (Lipinski definition) is 6. The highest BCUT2D eigenvalue weighted by molar-refractivity contribution is 5.81. The minimum Gasteiger partial charge on any atom is -0.436 e. The molecule has 0 amide bonds. The van der Waals surface area contributed by atoms with Crippen molar-refractivity contribution in [2.45, 2.75) is 193 Å². The topological polar surface area (TPSA) is 93.1 Å². The van der Waals surface area contributed by atoms with Gasteiger partial charge in [0.1, 0.15) is 0 Å². The summed E-state index contributed by atoms with van der Waals surface area (Å²) in [6, 6.07) is 0. The maximum atomic E-state index is 9.91. The molecule has 44 heavy (non-hydrogen) atoms. The quantitative estimate of drug-likeness (QED) is 0.184. The highest BCUT2D eigenvalue weighted by Gasteiger charge is 1.98. The molecule has 0 bridgehead atoms. The van der Waals surface area contributed by atoms with Gasteiger partial charge < -0.3 is 19.7 Å². The van der Waals surface area contributed by atoms with Crippen LogP contribution in [0.5, 0.6) is 0 Å². The first-order valence-electron chi connectivity index (χ1n) is 18.4. The minimum absolute atomic E-state index is 0.579. The molecule has 3 aliphatic carbocycles. The lowest BCUT2D eigenvalue weighted by Gasteiger charge is -2.05. The molecule has 0 heterocycles. The highest BCUT2D eigenvalue weighted by Crippen LogP contribution is 2.17. The maximum Gasteiger partial charge on any atom is 0.332 e. The lowest BCUT2D eigenvalue weighted by atomic mass is 10.0. The van der Waals surface area contributed by atoms with Crippen LogP contribution >= 0.6 is 0 Å². The van der Waals surface area contributed by atoms with Gasteiger partial charge in [0.2, 0.25) is 0 Å². The highest BCUT2D eigenvalue weighted by atomic mass is 16.6. The number of hydrogen-bond donors (Lipinski definition) is 2. The number of rotatable bonds is 4. The zero-order valence-corrected chi connectivity index (χ0v) is 28.7. The number of carbonyl (C=O) groups is 2. The zero-order chi connectivity index (χ0) is 32.6. The van der Waals surface area contributed by atoms with Crippen molar-refractivity contribution in [3.05, 3.63) is 25.3 Å². The lowest BCUT2D eigenvalue weighted by molar-refractivity contribution is -0.146. The average molecular weight is 625 g/mol. The van der Waals surface area contributed by atoms with E-state index in [2.05, 4.69) is 22.6 Å². The molecule has 0 aromatic rings. The summed E-state index contributed by atoms with van der Waals surface area (Å²) in [5, 5.41) is 15.8. The molecule has 0 aromatic carbocycles. The largest absolute Gasteiger partial charge is 0.436 e. The Bertz CT molecular complexity index is 437. The fourth-order valence-corrected chi connectivity index (χ4v) is 5.55. The van der Waals surface area contributed by atoms with Gasteiger partial charge in [-0.1, -0.05) is 206 Å². The van der Waals surface area contributed by atoms with Crippen molar-refractivity contribution in [2.24, 2.45) is 0 Å². The number of aliphatic hydroxyl groups is 2. The maximum absolute atomic E-state index is 9.91. The van der Waals surface area contributed by atoms with E-state index in [0.717, 1.165) is 12.2 Å². The van der Waals surface area contributed by atoms with E-state index < -0.39 is 25.5 Å². The summed E-state index contributed by atoms with van der Waals surface area (Å²) in [5.74, 6) is -1.22. The van der Waals surface area contributed by atoms with Crippen molar-refractivity contribution in [3.8, 4) is 0 Å². The van der Waals surface area contributed by atoms with Crippen LogP contribution in [0, 0.1) is 0 Å². The molecule has 0 radical (unpaired) electrons. The molecule has 0 unspecified atom stereocenters. The van der Waals surface area contributed by atoms with Crippen LogP contribution < -0.4 is 0 Å². The van der Waals surface area contributed by atoms with Crippen LogP contribution in [0.15, 0.2) is 25.3 Å². The van der Waals surface area contributed by atoms with Crippen molar-refractivity contribution in [1.82, 2.24) is 0 Å². The van der Waals surface area contributed by atoms with Gasteiger partial charge in [0, 0.05) is 12.2 Å². The average Bonchev–Trinajstić information content (AvgIpc) is 3.07. The van der Waals surface area contributed by atoms with E-state index in [1.165, 1.54) is 193 Å². The third kappa shape index (κ3) is 42.5. The number of esters is 2. The summed E-state index contributed by atoms with van der Waals surface area (Å²) in [5.41, 5.74) is 0. The van der Waals surface area contributed by atoms with Gasteiger partial charge in [0.05, 0.1) is 0 Å². The molecular weight excluding hydrogens is 552 g/mol. The van der Waals surface area contributed by atoms with Gasteiger partial charge in [0.15, 0.2) is 13.6 Å². The monoisotopic (exact) mass is 625 g/mol. The predicted octanol–water partition coefficient (Wildman–Crippen LogP) is 11.0. The predicted molar refractivity (Wildman–Crippen MR) is 185 cm³/mol. The Hall–Kier alpha value is -1.66. The Balaban J connectivity index is 0. The van der Waals surface area contributed by atoms with E-state index in [0.29, 0.717) is 0 Å². The van der Waals surface area contributed by atoms with E-state index in [9.17, 15) is 9.59 Å². The van der Waals surface area contributed by atoms with Crippen LogP contribution in [-0.4, -0.2) is 35.7 Å². The molecule has 0 aliphatic heterocycles. The van der Waals surface area contributed by atoms with E-state index in [1.807, 2.05) is 0 Å². The SMILES string of the molecule is C1CCCCCCCCC1.C1CCCCCCCCC1.C1CCCCCCCCC1.C=CC(=O)OCO.C=CC(=O)OCO. The van der Waals surface area contributed by atoms with E-state index >= 15 is 0 Å². The summed E-state index contributed by atoms with van der Waals surface area (Å²) in [4.78, 5) is 19.8. The Labute approximate surface area is 272 Å². The molecular formula is C38H72O6. The Morgan fingerprint density at radius 2 is 0.477 bits per heavy atom. The minimum atomic E-state index is -0.609. The van der Waals surface area contributed by atoms with E-state index in [4.69, 9.17) is 10.2 Å². The third-order valence-electron chi connectivity index (χ3n) is 8.25. The van der Waals surface area contributed by atoms with Gasteiger partial charge in [-0.2, -0.15) is 0 Å². The smallest absolute Gasteiger partial charge is 0.332 e. The summed E-state index contributed by atoms with van der Waals surface area (Å²) in [7, 11) is 0. The lowest BCUT2D eigenvalue weighted by Crippen LogP contribution is -1.99. The second-order valence-electron chi connectivity index (χ2n) is 12.2. The van der Waals surface area contributed by atoms with Gasteiger partial charge in [-0.05, 0) is 0 Å². The Morgan fingerprint density at radius 1 is 0.364 bits per heavy atom. The number of aliphatic hydroxyl groups excluding tert-OH is 2. The fourth-order valence-electron chi connectivity index (χ4n) is 5.55. The Morgan fingerprint density at radius 3 is 0.523 bits per heavy atom. The summed E-state index contributed by atoms with van der Waals surface area (Å²) in [6.07, 6.45) is 47.0. The fraction of sp³-hybridized carbons (Fsp3) is 0.842. The van der Waals surface area contributed by atoms with Crippen molar-refractivity contribution in [1.29, 1.82) is 0 Å². The number of carbonyl (C=O) groups excluding carboxylic acids is 2. The summed E-state index contributed by atoms with van der Waals surface area (Å²) >= 11 is 0. The molecule has 0 spiro atoms. The molecule has 260 valence electrons. The van der Waals surface area contributed by atoms with E-state index in [-0.39, 0.29) is 0 Å². The van der Waals surface area contributed by atoms with Crippen LogP contribution in [0.2, 0.25) is 0 Å². The van der Waals surface area contributed by atoms with Gasteiger partial charge in [-0.25, -0.2) is 9.59 Å². The van der Waals surface area contributed by atoms with Crippen molar-refractivity contribution < 1.29 is 29.3 Å². The van der Waals surface area contributed by atoms with Gasteiger partial charge in [0.25, 0.3) is 0 Å². The van der Waals surface area contributed by atoms with Crippen molar-refractivity contribution in [2.75, 3.05) is 13.6 Å². The molecule has 0 atom stereocenters. The van der Waals surface area contributed by atoms with Crippen LogP contribution in [0.3, 0.4) is 0 Å². The molecule has 0 saturated heterocycles. The molecule has 3 saturated carbocycles. The normalized spacial score (nSPS) is 18.8. The third-order valence-corrected chi connectivity index (χ3v) is 8.25. The zero-order valence-electron chi connectivity index (χ0n) is 28.7. The standard InChI is InChI=1S/3C10H20.2C4H6O3/c3*1-2-4-6-8-10-9-7-5-3-1;2*1-2-4(6)7-3-5/h3*1-10H2;2*2,5H,1,3H2. The van der Waals surface area contributed by atoms with Crippen LogP contribution in [-0.2, 0) is 19.1 Å². The van der Waals surface area contributed by atoms with Crippen LogP contribution in [0.1, 0.15) is 193 Å². The molecule has 6 nitrogen and oxygen atoms in total. The van der Waals surface area contributed by atoms with E-state index in [1.54, 1.807) is 0 Å². The van der Waals surface area contributed by atoms with Gasteiger partial charge in [-0.3, -0.25) is 0 Å². The molecule has 3 rings (SSSR count). The molecule has 3 fully saturated rings. The first kappa shape index (κ1) is 44.5. The first-order chi connectivity index (χ1) is 21.6. The molecule has 3 aliphatic rings. The second-order valence-corrected chi connectivity index (χ2v) is 12.2. The van der Waals surface area contributed by atoms with Crippen molar-refractivity contribution >= 4 is 11.9 Å². The molecule has 0 aromatic heterocycles. The van der Waals surface area contributed by atoms with Crippen LogP contribution in [0.4, 0.5) is 0 Å². The van der Waals surface area contributed by atoms with Gasteiger partial charge in [-0.15, -0.1) is 0 Å². The van der Waals surface area contributed by atoms with Gasteiger partial charge >= 0.3 is 11.9 Å². The summed E-state index contributed by atoms with van der Waals surface area (Å²) < 4.78 is 7.98. The van der Waals surface area contributed by atoms with Crippen LogP contribution in [0.25, 0.3) is 0 Å². The number of ether oxygens (including phenoxy) is 2.